The minimum atomic E-state index is -4.80. The fraction of sp³-hybridized carbons (Fsp3) is 0.628. The number of hydrogen-bond acceptors (Lipinski definition) is 8. The van der Waals surface area contributed by atoms with Gasteiger partial charge in [0.25, 0.3) is 0 Å². The molecule has 0 amide bonds. The summed E-state index contributed by atoms with van der Waals surface area (Å²) in [5, 5.41) is 19.9. The molecule has 0 radical (unpaired) electrons. The molecule has 0 bridgehead atoms. The monoisotopic (exact) mass is 778 g/mol. The van der Waals surface area contributed by atoms with Crippen molar-refractivity contribution in [2.24, 2.45) is 0 Å². The number of rotatable bonds is 35. The number of aliphatic hydroxyl groups is 2. The Labute approximate surface area is 326 Å². The molecule has 0 unspecified atom stereocenters. The van der Waals surface area contributed by atoms with Crippen LogP contribution in [0, 0.1) is 0 Å². The van der Waals surface area contributed by atoms with Crippen LogP contribution in [0.25, 0.3) is 0 Å². The zero-order chi connectivity index (χ0) is 40.0. The van der Waals surface area contributed by atoms with Gasteiger partial charge in [0.1, 0.15) is 6.61 Å². The maximum Gasteiger partial charge on any atom is 0.469 e. The quantitative estimate of drug-likeness (QED) is 0.0160. The van der Waals surface area contributed by atoms with Gasteiger partial charge in [0.05, 0.1) is 18.8 Å². The number of allylic oxidation sites excluding steroid dienone is 10. The van der Waals surface area contributed by atoms with Crippen LogP contribution in [0.3, 0.4) is 0 Å². The second-order valence-corrected chi connectivity index (χ2v) is 14.5. The van der Waals surface area contributed by atoms with E-state index in [9.17, 15) is 24.4 Å². The average Bonchev–Trinajstić information content (AvgIpc) is 3.13. The van der Waals surface area contributed by atoms with Crippen LogP contribution in [0.4, 0.5) is 0 Å². The zero-order valence-electron chi connectivity index (χ0n) is 33.1. The van der Waals surface area contributed by atoms with Crippen molar-refractivity contribution in [2.75, 3.05) is 13.2 Å². The normalized spacial score (nSPS) is 14.6. The van der Waals surface area contributed by atoms with E-state index in [-0.39, 0.29) is 19.4 Å². The van der Waals surface area contributed by atoms with Gasteiger partial charge < -0.3 is 29.5 Å². The first kappa shape index (κ1) is 51.1. The minimum Gasteiger partial charge on any atom is -0.462 e. The minimum absolute atomic E-state index is 0.0796. The number of hydrogen-bond donors (Lipinski definition) is 4. The predicted octanol–water partition coefficient (Wildman–Crippen LogP) is 10.0. The molecule has 4 N–H and O–H groups in total. The van der Waals surface area contributed by atoms with Gasteiger partial charge in [-0.05, 0) is 64.2 Å². The molecule has 3 atom stereocenters. The number of phosphoric ester groups is 1. The van der Waals surface area contributed by atoms with E-state index >= 15 is 0 Å². The molecule has 0 aromatic heterocycles. The average molecular weight is 779 g/mol. The van der Waals surface area contributed by atoms with E-state index in [1.807, 2.05) is 43.4 Å². The van der Waals surface area contributed by atoms with Gasteiger partial charge in [-0.2, -0.15) is 0 Å². The molecule has 0 saturated heterocycles. The SMILES string of the molecule is CC/C=C\C[C@@H](O)/C=C/C=C\C=C\[C@@H](O)C/C=C\C/C=C\CCC(=O)OC[C@H](COP(=O)(O)O)OC(=O)CCCCCCC/C=C\CCCCCCCC. The van der Waals surface area contributed by atoms with Crippen molar-refractivity contribution in [3.63, 3.8) is 0 Å². The van der Waals surface area contributed by atoms with Crippen molar-refractivity contribution in [3.05, 3.63) is 85.1 Å². The fourth-order valence-corrected chi connectivity index (χ4v) is 5.40. The number of aliphatic hydroxyl groups excluding tert-OH is 2. The number of carbonyl (C=O) groups is 2. The maximum absolute atomic E-state index is 12.4. The molecule has 54 heavy (non-hydrogen) atoms. The van der Waals surface area contributed by atoms with Crippen molar-refractivity contribution in [3.8, 4) is 0 Å². The summed E-state index contributed by atoms with van der Waals surface area (Å²) in [6.45, 7) is 3.32. The van der Waals surface area contributed by atoms with E-state index in [4.69, 9.17) is 19.3 Å². The number of carbonyl (C=O) groups excluding carboxylic acids is 2. The second-order valence-electron chi connectivity index (χ2n) is 13.3. The van der Waals surface area contributed by atoms with Crippen molar-refractivity contribution < 1.29 is 48.2 Å². The molecule has 0 saturated carbocycles. The standard InChI is InChI=1S/C43H71O10P/c1-3-5-7-8-9-10-11-12-13-14-15-16-17-22-30-36-43(47)53-41(38-52-54(48,49)50)37-51-42(46)35-29-21-19-18-20-26-32-40(45)34-28-24-23-27-33-39(44)31-25-6-4-2/h6,12-13,19-21,23-28,33-34,39-41,44-45H,3-5,7-11,14-18,22,29-32,35-38H2,1-2H3,(H2,48,49,50)/b13-12-,21-19-,24-23-,25-6-,26-20-,33-27+,34-28+/t39-,40+,41-/m1/s1. The van der Waals surface area contributed by atoms with Crippen LogP contribution in [-0.4, -0.2) is 63.5 Å². The molecule has 308 valence electrons. The van der Waals surface area contributed by atoms with Gasteiger partial charge in [-0.1, -0.05) is 150 Å². The Kier molecular flexibility index (Phi) is 35.1. The Morgan fingerprint density at radius 1 is 0.593 bits per heavy atom. The lowest BCUT2D eigenvalue weighted by molar-refractivity contribution is -0.161. The number of unbranched alkanes of at least 4 members (excludes halogenated alkanes) is 11. The van der Waals surface area contributed by atoms with Gasteiger partial charge in [0, 0.05) is 12.8 Å². The summed E-state index contributed by atoms with van der Waals surface area (Å²) >= 11 is 0. The third-order valence-corrected chi connectivity index (χ3v) is 8.56. The summed E-state index contributed by atoms with van der Waals surface area (Å²) in [5.41, 5.74) is 0. The lowest BCUT2D eigenvalue weighted by Crippen LogP contribution is -2.29. The molecule has 11 heteroatoms. The molecular weight excluding hydrogens is 707 g/mol. The molecule has 10 nitrogen and oxygen atoms in total. The lowest BCUT2D eigenvalue weighted by Gasteiger charge is -2.18. The van der Waals surface area contributed by atoms with Gasteiger partial charge in [-0.15, -0.1) is 0 Å². The predicted molar refractivity (Wildman–Crippen MR) is 219 cm³/mol. The number of ether oxygens (including phenoxy) is 2. The number of phosphoric acid groups is 1. The molecule has 0 rings (SSSR count). The van der Waals surface area contributed by atoms with Gasteiger partial charge in [-0.25, -0.2) is 4.57 Å². The Balaban J connectivity index is 4.22. The smallest absolute Gasteiger partial charge is 0.462 e. The topological polar surface area (TPSA) is 160 Å². The first-order chi connectivity index (χ1) is 26.1. The van der Waals surface area contributed by atoms with Crippen molar-refractivity contribution in [1.29, 1.82) is 0 Å². The van der Waals surface area contributed by atoms with Crippen LogP contribution in [0.5, 0.6) is 0 Å². The summed E-state index contributed by atoms with van der Waals surface area (Å²) in [7, 11) is -4.80. The molecular formula is C43H71O10P. The highest BCUT2D eigenvalue weighted by atomic mass is 31.2. The number of esters is 2. The van der Waals surface area contributed by atoms with Crippen molar-refractivity contribution in [2.45, 2.75) is 161 Å². The van der Waals surface area contributed by atoms with E-state index < -0.39 is 44.7 Å². The Morgan fingerprint density at radius 2 is 1.13 bits per heavy atom. The molecule has 0 heterocycles. The summed E-state index contributed by atoms with van der Waals surface area (Å²) < 4.78 is 26.2. The molecule has 0 fully saturated rings. The van der Waals surface area contributed by atoms with E-state index in [1.165, 1.54) is 38.5 Å². The van der Waals surface area contributed by atoms with Crippen LogP contribution in [0.15, 0.2) is 85.1 Å². The third kappa shape index (κ3) is 38.9. The second kappa shape index (κ2) is 37.1. The summed E-state index contributed by atoms with van der Waals surface area (Å²) in [4.78, 5) is 42.8. The van der Waals surface area contributed by atoms with Crippen LogP contribution in [0.1, 0.15) is 142 Å². The Bertz CT molecular complexity index is 1180. The van der Waals surface area contributed by atoms with Crippen molar-refractivity contribution >= 4 is 19.8 Å². The highest BCUT2D eigenvalue weighted by molar-refractivity contribution is 7.46. The fourth-order valence-electron chi connectivity index (χ4n) is 5.04. The van der Waals surface area contributed by atoms with Crippen LogP contribution >= 0.6 is 7.82 Å². The van der Waals surface area contributed by atoms with Crippen LogP contribution in [-0.2, 0) is 28.2 Å². The zero-order valence-corrected chi connectivity index (χ0v) is 34.0. The summed E-state index contributed by atoms with van der Waals surface area (Å²) in [6, 6.07) is 0. The van der Waals surface area contributed by atoms with Gasteiger partial charge in [-0.3, -0.25) is 14.1 Å². The van der Waals surface area contributed by atoms with E-state index in [2.05, 4.69) is 23.6 Å². The molecule has 0 spiro atoms. The molecule has 0 aliphatic heterocycles. The maximum atomic E-state index is 12.4. The molecule has 0 aromatic rings. The highest BCUT2D eigenvalue weighted by Crippen LogP contribution is 2.36. The van der Waals surface area contributed by atoms with E-state index in [1.54, 1.807) is 36.5 Å². The van der Waals surface area contributed by atoms with Crippen molar-refractivity contribution in [1.82, 2.24) is 0 Å². The van der Waals surface area contributed by atoms with Crippen LogP contribution < -0.4 is 0 Å². The summed E-state index contributed by atoms with van der Waals surface area (Å²) in [5.74, 6) is -1.07. The third-order valence-electron chi connectivity index (χ3n) is 8.08. The molecule has 0 aliphatic carbocycles. The lowest BCUT2D eigenvalue weighted by atomic mass is 10.1. The van der Waals surface area contributed by atoms with Crippen LogP contribution in [0.2, 0.25) is 0 Å². The molecule has 0 aliphatic rings. The highest BCUT2D eigenvalue weighted by Gasteiger charge is 2.22. The first-order valence-electron chi connectivity index (χ1n) is 20.1. The van der Waals surface area contributed by atoms with Gasteiger partial charge >= 0.3 is 19.8 Å². The Hall–Kier alpha value is -2.85. The van der Waals surface area contributed by atoms with Gasteiger partial charge in [0.15, 0.2) is 6.10 Å². The van der Waals surface area contributed by atoms with E-state index in [0.717, 1.165) is 44.9 Å². The van der Waals surface area contributed by atoms with E-state index in [0.29, 0.717) is 32.1 Å². The molecule has 0 aromatic carbocycles. The van der Waals surface area contributed by atoms with Gasteiger partial charge in [0.2, 0.25) is 0 Å². The first-order valence-corrected chi connectivity index (χ1v) is 21.6. The largest absolute Gasteiger partial charge is 0.469 e. The Morgan fingerprint density at radius 3 is 1.72 bits per heavy atom. The summed E-state index contributed by atoms with van der Waals surface area (Å²) in [6.07, 6.45) is 42.4.